The average molecular weight is 188 g/mol. The highest BCUT2D eigenvalue weighted by molar-refractivity contribution is 6.29. The summed E-state index contributed by atoms with van der Waals surface area (Å²) in [6, 6.07) is 0. The van der Waals surface area contributed by atoms with E-state index < -0.39 is 0 Å². The van der Waals surface area contributed by atoms with Crippen molar-refractivity contribution in [3.63, 3.8) is 0 Å². The molecule has 0 aromatic carbocycles. The first-order chi connectivity index (χ1) is 5.22. The topological polar surface area (TPSA) is 3.24 Å². The van der Waals surface area contributed by atoms with E-state index in [-0.39, 0.29) is 11.0 Å². The molecule has 1 nitrogen and oxygen atoms in total. The third kappa shape index (κ3) is 1.95. The largest absolute Gasteiger partial charge is 0.357 e. The van der Waals surface area contributed by atoms with Gasteiger partial charge >= 0.3 is 0 Å². The zero-order valence-electron chi connectivity index (χ0n) is 8.61. The summed E-state index contributed by atoms with van der Waals surface area (Å²) in [5.41, 5.74) is 0.367. The maximum atomic E-state index is 6.13. The lowest BCUT2D eigenvalue weighted by Gasteiger charge is -2.35. The van der Waals surface area contributed by atoms with E-state index >= 15 is 0 Å². The van der Waals surface area contributed by atoms with Gasteiger partial charge in [-0.25, -0.2) is 0 Å². The number of hydrogen-bond donors (Lipinski definition) is 0. The highest BCUT2D eigenvalue weighted by Gasteiger charge is 2.34. The Balaban J connectivity index is 2.83. The molecule has 0 saturated heterocycles. The van der Waals surface area contributed by atoms with Crippen molar-refractivity contribution in [3.05, 3.63) is 11.2 Å². The summed E-state index contributed by atoms with van der Waals surface area (Å²) in [5.74, 6) is 0. The summed E-state index contributed by atoms with van der Waals surface area (Å²) in [6.45, 7) is 12.0. The van der Waals surface area contributed by atoms with E-state index in [1.165, 1.54) is 0 Å². The predicted molar refractivity (Wildman–Crippen MR) is 54.2 cm³/mol. The molecule has 0 fully saturated rings. The Morgan fingerprint density at radius 3 is 2.08 bits per heavy atom. The molecule has 1 aliphatic rings. The quantitative estimate of drug-likeness (QED) is 0.527. The van der Waals surface area contributed by atoms with Crippen molar-refractivity contribution in [3.8, 4) is 0 Å². The zero-order chi connectivity index (χ0) is 9.57. The number of rotatable bonds is 0. The second kappa shape index (κ2) is 2.66. The lowest BCUT2D eigenvalue weighted by Crippen LogP contribution is -2.40. The molecule has 0 atom stereocenters. The number of hydrogen-bond acceptors (Lipinski definition) is 1. The van der Waals surface area contributed by atoms with Crippen LogP contribution in [0.15, 0.2) is 11.2 Å². The fourth-order valence-corrected chi connectivity index (χ4v) is 2.10. The molecule has 1 rings (SSSR count). The summed E-state index contributed by atoms with van der Waals surface area (Å²) >= 11 is 6.13. The van der Waals surface area contributed by atoms with Crippen molar-refractivity contribution in [2.75, 3.05) is 6.54 Å². The summed E-state index contributed by atoms with van der Waals surface area (Å²) < 4.78 is 0. The molecular formula is C10H18ClN. The third-order valence-electron chi connectivity index (χ3n) is 2.14. The molecule has 0 aliphatic carbocycles. The van der Waals surface area contributed by atoms with E-state index in [0.717, 1.165) is 11.7 Å². The molecule has 2 heteroatoms. The minimum atomic E-state index is 0.140. The van der Waals surface area contributed by atoms with Crippen LogP contribution < -0.4 is 0 Å². The fraction of sp³-hybridized carbons (Fsp3) is 0.800. The van der Waals surface area contributed by atoms with Gasteiger partial charge in [-0.15, -0.1) is 0 Å². The SMILES string of the molecule is CC1(C)C=C(Cl)N(C(C)(C)C)C1. The second-order valence-corrected chi connectivity index (χ2v) is 5.60. The summed E-state index contributed by atoms with van der Waals surface area (Å²) in [7, 11) is 0. The van der Waals surface area contributed by atoms with Crippen molar-refractivity contribution < 1.29 is 0 Å². The van der Waals surface area contributed by atoms with Crippen LogP contribution in [0.1, 0.15) is 34.6 Å². The van der Waals surface area contributed by atoms with Gasteiger partial charge in [-0.1, -0.05) is 25.4 Å². The van der Waals surface area contributed by atoms with Gasteiger partial charge in [0.25, 0.3) is 0 Å². The molecule has 0 bridgehead atoms. The van der Waals surface area contributed by atoms with Gasteiger partial charge in [0.2, 0.25) is 0 Å². The standard InChI is InChI=1S/C10H18ClN/c1-9(2,3)12-7-10(4,5)6-8(12)11/h6H,7H2,1-5H3. The van der Waals surface area contributed by atoms with Crippen molar-refractivity contribution in [1.29, 1.82) is 0 Å². The van der Waals surface area contributed by atoms with Gasteiger partial charge in [-0.05, 0) is 26.8 Å². The first-order valence-electron chi connectivity index (χ1n) is 4.38. The number of nitrogens with zero attached hydrogens (tertiary/aromatic N) is 1. The fourth-order valence-electron chi connectivity index (χ4n) is 1.49. The third-order valence-corrected chi connectivity index (χ3v) is 2.46. The zero-order valence-corrected chi connectivity index (χ0v) is 9.37. The molecule has 0 unspecified atom stereocenters. The monoisotopic (exact) mass is 187 g/mol. The second-order valence-electron chi connectivity index (χ2n) is 5.21. The Labute approximate surface area is 80.4 Å². The average Bonchev–Trinajstić information content (AvgIpc) is 2.03. The molecule has 0 radical (unpaired) electrons. The van der Waals surface area contributed by atoms with Gasteiger partial charge in [0, 0.05) is 17.5 Å². The minimum absolute atomic E-state index is 0.140. The van der Waals surface area contributed by atoms with Crippen LogP contribution in [0.2, 0.25) is 0 Å². The molecule has 0 saturated carbocycles. The van der Waals surface area contributed by atoms with Crippen LogP contribution >= 0.6 is 11.6 Å². The Hall–Kier alpha value is -0.170. The van der Waals surface area contributed by atoms with Gasteiger partial charge < -0.3 is 4.90 Å². The lowest BCUT2D eigenvalue weighted by atomic mass is 9.95. The molecule has 12 heavy (non-hydrogen) atoms. The van der Waals surface area contributed by atoms with Crippen molar-refractivity contribution >= 4 is 11.6 Å². The van der Waals surface area contributed by atoms with Crippen LogP contribution in [0.3, 0.4) is 0 Å². The molecular weight excluding hydrogens is 170 g/mol. The van der Waals surface area contributed by atoms with Gasteiger partial charge in [0.05, 0.1) is 0 Å². The molecule has 0 amide bonds. The molecule has 1 aliphatic heterocycles. The lowest BCUT2D eigenvalue weighted by molar-refractivity contribution is 0.180. The molecule has 70 valence electrons. The maximum absolute atomic E-state index is 6.13. The van der Waals surface area contributed by atoms with Gasteiger partial charge in [-0.3, -0.25) is 0 Å². The first-order valence-corrected chi connectivity index (χ1v) is 4.76. The Bertz CT molecular complexity index is 210. The first kappa shape index (κ1) is 9.91. The summed E-state index contributed by atoms with van der Waals surface area (Å²) in [5, 5.41) is 0.896. The van der Waals surface area contributed by atoms with Crippen molar-refractivity contribution in [2.24, 2.45) is 5.41 Å². The Morgan fingerprint density at radius 2 is 1.92 bits per heavy atom. The number of halogens is 1. The Morgan fingerprint density at radius 1 is 1.42 bits per heavy atom. The van der Waals surface area contributed by atoms with Crippen LogP contribution in [-0.4, -0.2) is 17.0 Å². The van der Waals surface area contributed by atoms with E-state index in [4.69, 9.17) is 11.6 Å². The highest BCUT2D eigenvalue weighted by Crippen LogP contribution is 2.36. The van der Waals surface area contributed by atoms with Crippen molar-refractivity contribution in [2.45, 2.75) is 40.2 Å². The van der Waals surface area contributed by atoms with Crippen molar-refractivity contribution in [1.82, 2.24) is 4.90 Å². The van der Waals surface area contributed by atoms with E-state index in [9.17, 15) is 0 Å². The van der Waals surface area contributed by atoms with E-state index in [2.05, 4.69) is 45.6 Å². The van der Waals surface area contributed by atoms with E-state index in [0.29, 0.717) is 0 Å². The predicted octanol–water partition coefficient (Wildman–Crippen LogP) is 3.21. The molecule has 0 aromatic rings. The molecule has 0 N–H and O–H groups in total. The summed E-state index contributed by atoms with van der Waals surface area (Å²) in [6.07, 6.45) is 2.14. The van der Waals surface area contributed by atoms with E-state index in [1.54, 1.807) is 0 Å². The van der Waals surface area contributed by atoms with Crippen LogP contribution in [0, 0.1) is 5.41 Å². The Kier molecular flexibility index (Phi) is 2.20. The van der Waals surface area contributed by atoms with Gasteiger partial charge in [-0.2, -0.15) is 0 Å². The molecule has 1 heterocycles. The maximum Gasteiger partial charge on any atom is 0.101 e. The summed E-state index contributed by atoms with van der Waals surface area (Å²) in [4.78, 5) is 2.24. The van der Waals surface area contributed by atoms with Crippen LogP contribution in [0.5, 0.6) is 0 Å². The van der Waals surface area contributed by atoms with Gasteiger partial charge in [0.15, 0.2) is 0 Å². The van der Waals surface area contributed by atoms with Gasteiger partial charge in [0.1, 0.15) is 5.16 Å². The molecule has 0 aromatic heterocycles. The van der Waals surface area contributed by atoms with Crippen LogP contribution in [-0.2, 0) is 0 Å². The normalized spacial score (nSPS) is 22.8. The van der Waals surface area contributed by atoms with Crippen LogP contribution in [0.4, 0.5) is 0 Å². The molecule has 0 spiro atoms. The minimum Gasteiger partial charge on any atom is -0.357 e. The van der Waals surface area contributed by atoms with E-state index in [1.807, 2.05) is 0 Å². The van der Waals surface area contributed by atoms with Crippen LogP contribution in [0.25, 0.3) is 0 Å². The highest BCUT2D eigenvalue weighted by atomic mass is 35.5. The smallest absolute Gasteiger partial charge is 0.101 e.